The van der Waals surface area contributed by atoms with Gasteiger partial charge in [-0.15, -0.1) is 0 Å². The zero-order valence-electron chi connectivity index (χ0n) is 14.4. The summed E-state index contributed by atoms with van der Waals surface area (Å²) in [6.07, 6.45) is -1.12. The van der Waals surface area contributed by atoms with Gasteiger partial charge in [-0.3, -0.25) is 0 Å². The zero-order chi connectivity index (χ0) is 20.5. The average molecular weight is 518 g/mol. The van der Waals surface area contributed by atoms with Crippen LogP contribution in [0.25, 0.3) is 0 Å². The number of halogens is 2. The number of aliphatic hydroxyl groups excluding tert-OH is 1. The van der Waals surface area contributed by atoms with Crippen LogP contribution in [0.4, 0.5) is 4.39 Å². The van der Waals surface area contributed by atoms with Crippen LogP contribution in [-0.2, 0) is 10.0 Å². The van der Waals surface area contributed by atoms with E-state index in [1.165, 1.54) is 24.3 Å². The smallest absolute Gasteiger partial charge is 0.243 e. The van der Waals surface area contributed by atoms with Crippen molar-refractivity contribution >= 4 is 32.6 Å². The first-order valence-electron chi connectivity index (χ1n) is 8.15. The number of benzene rings is 2. The molecule has 28 heavy (non-hydrogen) atoms. The highest BCUT2D eigenvalue weighted by molar-refractivity contribution is 14.1. The molecule has 1 saturated heterocycles. The second kappa shape index (κ2) is 7.92. The standard InChI is InChI=1S/C18H16FIN2O5S/c19-16-7-14(4-1-12(16)8-21)27-17-9-22(10-18(17,24)11-23)28(25,26)15-5-2-13(20)3-6-15/h1-7,17,23-24H,9-11H2/t17-,18+/m0/s1. The Bertz CT molecular complexity index is 1030. The van der Waals surface area contributed by atoms with Crippen molar-refractivity contribution in [2.45, 2.75) is 16.6 Å². The van der Waals surface area contributed by atoms with Gasteiger partial charge in [-0.05, 0) is 59.0 Å². The van der Waals surface area contributed by atoms with Crippen LogP contribution >= 0.6 is 22.6 Å². The van der Waals surface area contributed by atoms with Crippen molar-refractivity contribution in [2.24, 2.45) is 0 Å². The Morgan fingerprint density at radius 1 is 1.32 bits per heavy atom. The van der Waals surface area contributed by atoms with E-state index in [1.54, 1.807) is 18.2 Å². The van der Waals surface area contributed by atoms with E-state index in [9.17, 15) is 23.0 Å². The molecule has 1 fully saturated rings. The Balaban J connectivity index is 1.86. The molecule has 0 aromatic heterocycles. The molecule has 2 aromatic rings. The maximum atomic E-state index is 13.8. The Morgan fingerprint density at radius 2 is 2.00 bits per heavy atom. The summed E-state index contributed by atoms with van der Waals surface area (Å²) >= 11 is 2.06. The molecular weight excluding hydrogens is 502 g/mol. The first kappa shape index (κ1) is 20.9. The highest BCUT2D eigenvalue weighted by Gasteiger charge is 2.50. The van der Waals surface area contributed by atoms with Crippen molar-refractivity contribution in [3.63, 3.8) is 0 Å². The molecule has 0 radical (unpaired) electrons. The summed E-state index contributed by atoms with van der Waals surface area (Å²) in [6.45, 7) is -1.34. The van der Waals surface area contributed by atoms with Gasteiger partial charge in [0.1, 0.15) is 29.3 Å². The summed E-state index contributed by atoms with van der Waals surface area (Å²) in [7, 11) is -3.92. The van der Waals surface area contributed by atoms with Crippen molar-refractivity contribution in [1.29, 1.82) is 5.26 Å². The number of rotatable bonds is 5. The molecule has 0 aliphatic carbocycles. The lowest BCUT2D eigenvalue weighted by Gasteiger charge is -2.27. The van der Waals surface area contributed by atoms with Gasteiger partial charge in [-0.25, -0.2) is 12.8 Å². The number of β-amino-alcohol motifs (C(OH)–C–C–N with tert-alkyl or cyclic N) is 1. The van der Waals surface area contributed by atoms with Crippen molar-refractivity contribution in [2.75, 3.05) is 19.7 Å². The second-order valence-electron chi connectivity index (χ2n) is 6.37. The molecule has 2 N–H and O–H groups in total. The van der Waals surface area contributed by atoms with Gasteiger partial charge in [-0.2, -0.15) is 9.57 Å². The molecule has 0 spiro atoms. The van der Waals surface area contributed by atoms with E-state index in [-0.39, 0.29) is 29.3 Å². The molecule has 0 amide bonds. The molecular formula is C18H16FIN2O5S. The summed E-state index contributed by atoms with van der Waals surface area (Å²) in [6, 6.07) is 11.4. The molecule has 0 saturated carbocycles. The molecule has 1 aliphatic heterocycles. The average Bonchev–Trinajstić information content (AvgIpc) is 3.00. The van der Waals surface area contributed by atoms with Crippen LogP contribution in [0.5, 0.6) is 5.75 Å². The van der Waals surface area contributed by atoms with Crippen LogP contribution in [-0.4, -0.2) is 54.3 Å². The normalized spacial score (nSPS) is 22.8. The molecule has 0 unspecified atom stereocenters. The molecule has 7 nitrogen and oxygen atoms in total. The van der Waals surface area contributed by atoms with Crippen molar-refractivity contribution < 1.29 is 27.8 Å². The number of hydrogen-bond acceptors (Lipinski definition) is 6. The highest BCUT2D eigenvalue weighted by atomic mass is 127. The van der Waals surface area contributed by atoms with Crippen LogP contribution in [0, 0.1) is 20.7 Å². The van der Waals surface area contributed by atoms with Crippen molar-refractivity contribution in [3.05, 3.63) is 57.4 Å². The van der Waals surface area contributed by atoms with E-state index >= 15 is 0 Å². The lowest BCUT2D eigenvalue weighted by atomic mass is 10.0. The van der Waals surface area contributed by atoms with Gasteiger partial charge in [0.05, 0.1) is 23.6 Å². The third-order valence-corrected chi connectivity index (χ3v) is 7.03. The lowest BCUT2D eigenvalue weighted by molar-refractivity contribution is -0.0641. The largest absolute Gasteiger partial charge is 0.486 e. The van der Waals surface area contributed by atoms with Crippen LogP contribution in [0.1, 0.15) is 5.56 Å². The molecule has 10 heteroatoms. The zero-order valence-corrected chi connectivity index (χ0v) is 17.4. The minimum Gasteiger partial charge on any atom is -0.486 e. The Hall–Kier alpha value is -1.78. The number of hydrogen-bond donors (Lipinski definition) is 2. The number of nitrogens with zero attached hydrogens (tertiary/aromatic N) is 2. The van der Waals surface area contributed by atoms with Gasteiger partial charge >= 0.3 is 0 Å². The molecule has 1 heterocycles. The van der Waals surface area contributed by atoms with Gasteiger partial charge in [0.2, 0.25) is 10.0 Å². The Labute approximate surface area is 175 Å². The topological polar surface area (TPSA) is 111 Å². The van der Waals surface area contributed by atoms with Gasteiger partial charge in [0, 0.05) is 16.2 Å². The number of aliphatic hydroxyl groups is 2. The first-order chi connectivity index (χ1) is 13.2. The quantitative estimate of drug-likeness (QED) is 0.581. The van der Waals surface area contributed by atoms with E-state index in [4.69, 9.17) is 10.00 Å². The van der Waals surface area contributed by atoms with Crippen LogP contribution in [0.15, 0.2) is 47.4 Å². The molecule has 1 aliphatic rings. The third kappa shape index (κ3) is 3.99. The fraction of sp³-hybridized carbons (Fsp3) is 0.278. The second-order valence-corrected chi connectivity index (χ2v) is 9.56. The predicted molar refractivity (Wildman–Crippen MR) is 105 cm³/mol. The van der Waals surface area contributed by atoms with E-state index < -0.39 is 34.2 Å². The van der Waals surface area contributed by atoms with Gasteiger partial charge in [0.15, 0.2) is 0 Å². The van der Waals surface area contributed by atoms with Crippen LogP contribution < -0.4 is 4.74 Å². The predicted octanol–water partition coefficient (Wildman–Crippen LogP) is 1.48. The SMILES string of the molecule is N#Cc1ccc(O[C@H]2CN(S(=O)(=O)c3ccc(I)cc3)C[C@@]2(O)CO)cc1F. The van der Waals surface area contributed by atoms with E-state index in [1.807, 2.05) is 0 Å². The minimum absolute atomic E-state index is 0.0156. The van der Waals surface area contributed by atoms with E-state index in [0.717, 1.165) is 13.9 Å². The van der Waals surface area contributed by atoms with Gasteiger partial charge in [-0.1, -0.05) is 0 Å². The Kier molecular flexibility index (Phi) is 5.92. The number of sulfonamides is 1. The van der Waals surface area contributed by atoms with E-state index in [2.05, 4.69) is 22.6 Å². The molecule has 0 bridgehead atoms. The maximum Gasteiger partial charge on any atom is 0.243 e. The van der Waals surface area contributed by atoms with Crippen molar-refractivity contribution in [1.82, 2.24) is 4.31 Å². The first-order valence-corrected chi connectivity index (χ1v) is 10.7. The monoisotopic (exact) mass is 518 g/mol. The lowest BCUT2D eigenvalue weighted by Crippen LogP contribution is -2.48. The molecule has 2 atom stereocenters. The molecule has 3 rings (SSSR count). The minimum atomic E-state index is -3.92. The summed E-state index contributed by atoms with van der Waals surface area (Å²) in [5.41, 5.74) is -2.03. The third-order valence-electron chi connectivity index (χ3n) is 4.48. The highest BCUT2D eigenvalue weighted by Crippen LogP contribution is 2.31. The summed E-state index contributed by atoms with van der Waals surface area (Å²) < 4.78 is 47.0. The van der Waals surface area contributed by atoms with Gasteiger partial charge in [0.25, 0.3) is 0 Å². The van der Waals surface area contributed by atoms with Crippen LogP contribution in [0.3, 0.4) is 0 Å². The number of ether oxygens (including phenoxy) is 1. The summed E-state index contributed by atoms with van der Waals surface area (Å²) in [5.74, 6) is -0.782. The fourth-order valence-electron chi connectivity index (χ4n) is 2.89. The van der Waals surface area contributed by atoms with Crippen molar-refractivity contribution in [3.8, 4) is 11.8 Å². The molecule has 148 valence electrons. The fourth-order valence-corrected chi connectivity index (χ4v) is 4.75. The molecule has 2 aromatic carbocycles. The number of nitriles is 1. The summed E-state index contributed by atoms with van der Waals surface area (Å²) in [5, 5.41) is 29.1. The Morgan fingerprint density at radius 3 is 2.57 bits per heavy atom. The maximum absolute atomic E-state index is 13.8. The summed E-state index contributed by atoms with van der Waals surface area (Å²) in [4.78, 5) is 0.0540. The van der Waals surface area contributed by atoms with Gasteiger partial charge < -0.3 is 14.9 Å². The van der Waals surface area contributed by atoms with E-state index in [0.29, 0.717) is 0 Å². The van der Waals surface area contributed by atoms with Crippen LogP contribution in [0.2, 0.25) is 0 Å².